The van der Waals surface area contributed by atoms with E-state index < -0.39 is 22.0 Å². The van der Waals surface area contributed by atoms with E-state index in [1.54, 1.807) is 24.3 Å². The molecule has 5 rings (SSSR count). The molecular weight excluding hydrogens is 532 g/mol. The van der Waals surface area contributed by atoms with E-state index in [0.717, 1.165) is 36.9 Å². The van der Waals surface area contributed by atoms with Gasteiger partial charge in [0.1, 0.15) is 23.3 Å². The summed E-state index contributed by atoms with van der Waals surface area (Å²) in [7, 11) is -3.92. The zero-order valence-corrected chi connectivity index (χ0v) is 22.3. The lowest BCUT2D eigenvalue weighted by molar-refractivity contribution is -0.136. The molecule has 2 aromatic carbocycles. The highest BCUT2D eigenvalue weighted by atomic mass is 35.5. The minimum absolute atomic E-state index is 0.0829. The summed E-state index contributed by atoms with van der Waals surface area (Å²) in [5.41, 5.74) is 2.12. The standard InChI is InChI=1S/C26H29ClN4O6S/c27-21-7-4-16(11-23(21)38(28,35)36)13-30-10-2-1-3-18(30)15-37-19-5-6-20-17(12-19)14-31(26(20)34)22-8-9-24(32)29-25(22)33/h4-7,11-12,18,22H,1-3,8-10,13-15H2,(H2,28,35,36)(H,29,32,33)/t18-,22?/m0/s1. The largest absolute Gasteiger partial charge is 0.492 e. The van der Waals surface area contributed by atoms with Crippen LogP contribution in [-0.2, 0) is 32.7 Å². The molecule has 38 heavy (non-hydrogen) atoms. The highest BCUT2D eigenvalue weighted by Crippen LogP contribution is 2.31. The number of hydrogen-bond donors (Lipinski definition) is 2. The van der Waals surface area contributed by atoms with Crippen LogP contribution in [0.25, 0.3) is 0 Å². The molecule has 0 bridgehead atoms. The number of halogens is 1. The smallest absolute Gasteiger partial charge is 0.255 e. The number of ether oxygens (including phenoxy) is 1. The average molecular weight is 561 g/mol. The van der Waals surface area contributed by atoms with Crippen LogP contribution in [0.15, 0.2) is 41.3 Å². The molecule has 202 valence electrons. The molecule has 2 saturated heterocycles. The number of sulfonamides is 1. The van der Waals surface area contributed by atoms with Gasteiger partial charge in [0.25, 0.3) is 5.91 Å². The third-order valence-electron chi connectivity index (χ3n) is 7.37. The molecule has 2 fully saturated rings. The summed E-state index contributed by atoms with van der Waals surface area (Å²) in [6.45, 7) is 2.10. The second-order valence-corrected chi connectivity index (χ2v) is 11.9. The van der Waals surface area contributed by atoms with Crippen LogP contribution in [0, 0.1) is 0 Å². The summed E-state index contributed by atoms with van der Waals surface area (Å²) in [6.07, 6.45) is 3.55. The van der Waals surface area contributed by atoms with Gasteiger partial charge in [0.05, 0.1) is 5.02 Å². The molecular formula is C26H29ClN4O6S. The maximum absolute atomic E-state index is 12.9. The molecule has 0 spiro atoms. The number of fused-ring (bicyclic) bond motifs is 1. The molecule has 0 aliphatic carbocycles. The highest BCUT2D eigenvalue weighted by molar-refractivity contribution is 7.89. The van der Waals surface area contributed by atoms with Crippen molar-refractivity contribution >= 4 is 39.3 Å². The van der Waals surface area contributed by atoms with Gasteiger partial charge in [0.15, 0.2) is 0 Å². The number of carbonyl (C=O) groups excluding carboxylic acids is 3. The maximum atomic E-state index is 12.9. The van der Waals surface area contributed by atoms with Crippen molar-refractivity contribution in [2.75, 3.05) is 13.2 Å². The Balaban J connectivity index is 1.24. The van der Waals surface area contributed by atoms with Crippen molar-refractivity contribution in [2.24, 2.45) is 5.14 Å². The predicted molar refractivity (Wildman–Crippen MR) is 139 cm³/mol. The monoisotopic (exact) mass is 560 g/mol. The Bertz CT molecular complexity index is 1400. The Morgan fingerprint density at radius 2 is 1.89 bits per heavy atom. The number of nitrogens with zero attached hydrogens (tertiary/aromatic N) is 2. The molecule has 2 atom stereocenters. The van der Waals surface area contributed by atoms with Crippen molar-refractivity contribution in [3.8, 4) is 5.75 Å². The summed E-state index contributed by atoms with van der Waals surface area (Å²) in [4.78, 5) is 40.4. The van der Waals surface area contributed by atoms with Gasteiger partial charge in [-0.1, -0.05) is 24.1 Å². The van der Waals surface area contributed by atoms with E-state index in [0.29, 0.717) is 30.9 Å². The second-order valence-electron chi connectivity index (χ2n) is 9.96. The molecule has 0 aromatic heterocycles. The number of nitrogens with two attached hydrogens (primary N) is 1. The number of carbonyl (C=O) groups is 3. The zero-order valence-electron chi connectivity index (χ0n) is 20.7. The fourth-order valence-electron chi connectivity index (χ4n) is 5.39. The maximum Gasteiger partial charge on any atom is 0.255 e. The number of amides is 3. The third-order valence-corrected chi connectivity index (χ3v) is 8.77. The average Bonchev–Trinajstić information content (AvgIpc) is 3.19. The van der Waals surface area contributed by atoms with E-state index in [1.165, 1.54) is 11.0 Å². The first-order valence-electron chi connectivity index (χ1n) is 12.6. The molecule has 3 aliphatic rings. The molecule has 12 heteroatoms. The number of rotatable bonds is 7. The van der Waals surface area contributed by atoms with Gasteiger partial charge in [0.2, 0.25) is 21.8 Å². The van der Waals surface area contributed by atoms with Gasteiger partial charge in [-0.2, -0.15) is 0 Å². The number of piperidine rings is 2. The molecule has 1 unspecified atom stereocenters. The predicted octanol–water partition coefficient (Wildman–Crippen LogP) is 2.18. The minimum atomic E-state index is -3.92. The van der Waals surface area contributed by atoms with Gasteiger partial charge in [0, 0.05) is 31.1 Å². The van der Waals surface area contributed by atoms with E-state index in [2.05, 4.69) is 10.2 Å². The summed E-state index contributed by atoms with van der Waals surface area (Å²) < 4.78 is 29.9. The second kappa shape index (κ2) is 10.6. The number of hydrogen-bond acceptors (Lipinski definition) is 7. The third kappa shape index (κ3) is 5.56. The molecule has 3 amide bonds. The molecule has 0 saturated carbocycles. The quantitative estimate of drug-likeness (QED) is 0.495. The topological polar surface area (TPSA) is 139 Å². The number of likely N-dealkylation sites (tertiary alicyclic amines) is 1. The van der Waals surface area contributed by atoms with Crippen LogP contribution in [0.2, 0.25) is 5.02 Å². The minimum Gasteiger partial charge on any atom is -0.492 e. The van der Waals surface area contributed by atoms with E-state index in [-0.39, 0.29) is 40.7 Å². The summed E-state index contributed by atoms with van der Waals surface area (Å²) in [5, 5.41) is 7.72. The van der Waals surface area contributed by atoms with Crippen LogP contribution in [-0.4, -0.2) is 61.2 Å². The van der Waals surface area contributed by atoms with Crippen molar-refractivity contribution in [1.82, 2.24) is 15.1 Å². The number of primary sulfonamides is 1. The van der Waals surface area contributed by atoms with Crippen LogP contribution in [0.4, 0.5) is 0 Å². The first kappa shape index (κ1) is 26.6. The lowest BCUT2D eigenvalue weighted by Gasteiger charge is -2.35. The number of imide groups is 1. The van der Waals surface area contributed by atoms with E-state index >= 15 is 0 Å². The SMILES string of the molecule is NS(=O)(=O)c1cc(CN2CCCC[C@H]2COc2ccc3c(c2)CN(C2CCC(=O)NC2=O)C3=O)ccc1Cl. The van der Waals surface area contributed by atoms with E-state index in [1.807, 2.05) is 6.07 Å². The van der Waals surface area contributed by atoms with Crippen LogP contribution < -0.4 is 15.2 Å². The molecule has 0 radical (unpaired) electrons. The fourth-order valence-corrected chi connectivity index (χ4v) is 6.48. The Morgan fingerprint density at radius 3 is 2.66 bits per heavy atom. The van der Waals surface area contributed by atoms with Gasteiger partial charge in [-0.05, 0) is 67.3 Å². The Hall–Kier alpha value is -2.99. The van der Waals surface area contributed by atoms with Crippen LogP contribution in [0.1, 0.15) is 53.6 Å². The summed E-state index contributed by atoms with van der Waals surface area (Å²) in [6, 6.07) is 9.66. The molecule has 3 N–H and O–H groups in total. The van der Waals surface area contributed by atoms with Crippen molar-refractivity contribution in [3.05, 3.63) is 58.1 Å². The first-order chi connectivity index (χ1) is 18.1. The van der Waals surface area contributed by atoms with E-state index in [4.69, 9.17) is 21.5 Å². The highest BCUT2D eigenvalue weighted by Gasteiger charge is 2.39. The lowest BCUT2D eigenvalue weighted by atomic mass is 10.0. The van der Waals surface area contributed by atoms with Gasteiger partial charge in [-0.3, -0.25) is 24.6 Å². The van der Waals surface area contributed by atoms with Crippen molar-refractivity contribution in [3.63, 3.8) is 0 Å². The summed E-state index contributed by atoms with van der Waals surface area (Å²) >= 11 is 6.04. The van der Waals surface area contributed by atoms with Gasteiger partial charge < -0.3 is 9.64 Å². The van der Waals surface area contributed by atoms with Crippen molar-refractivity contribution in [1.29, 1.82) is 0 Å². The van der Waals surface area contributed by atoms with Crippen LogP contribution in [0.5, 0.6) is 5.75 Å². The molecule has 2 aromatic rings. The molecule has 3 heterocycles. The van der Waals surface area contributed by atoms with Gasteiger partial charge in [-0.25, -0.2) is 13.6 Å². The van der Waals surface area contributed by atoms with Gasteiger partial charge in [-0.15, -0.1) is 0 Å². The number of benzene rings is 2. The first-order valence-corrected chi connectivity index (χ1v) is 14.5. The fraction of sp³-hybridized carbons (Fsp3) is 0.423. The van der Waals surface area contributed by atoms with Gasteiger partial charge >= 0.3 is 0 Å². The molecule has 10 nitrogen and oxygen atoms in total. The van der Waals surface area contributed by atoms with Crippen LogP contribution >= 0.6 is 11.6 Å². The Morgan fingerprint density at radius 1 is 1.08 bits per heavy atom. The number of nitrogens with one attached hydrogen (secondary N) is 1. The Labute approximate surface area is 226 Å². The van der Waals surface area contributed by atoms with E-state index in [9.17, 15) is 22.8 Å². The van der Waals surface area contributed by atoms with Crippen molar-refractivity contribution < 1.29 is 27.5 Å². The lowest BCUT2D eigenvalue weighted by Crippen LogP contribution is -2.52. The zero-order chi connectivity index (χ0) is 27.0. The normalized spacial score (nSPS) is 22.4. The Kier molecular flexibility index (Phi) is 7.45. The van der Waals surface area contributed by atoms with Crippen LogP contribution in [0.3, 0.4) is 0 Å². The molecule has 3 aliphatic heterocycles. The summed E-state index contributed by atoms with van der Waals surface area (Å²) in [5.74, 6) is -0.339. The van der Waals surface area contributed by atoms with Crippen molar-refractivity contribution in [2.45, 2.75) is 62.2 Å².